The van der Waals surface area contributed by atoms with Crippen molar-refractivity contribution >= 4 is 97.9 Å². The van der Waals surface area contributed by atoms with E-state index in [0.717, 1.165) is 97.6 Å². The number of fused-ring (bicyclic) bond motifs is 6. The molecule has 0 spiro atoms. The molecule has 5 N–H and O–H groups in total. The zero-order chi connectivity index (χ0) is 81.9. The van der Waals surface area contributed by atoms with Crippen molar-refractivity contribution in [2.24, 2.45) is 0 Å². The van der Waals surface area contributed by atoms with E-state index in [9.17, 15) is 15.0 Å². The molecule has 6 heterocycles. The van der Waals surface area contributed by atoms with Gasteiger partial charge in [-0.25, -0.2) is 0 Å². The molecule has 6 atom stereocenters. The number of nitrogens with zero attached hydrogens (tertiary/aromatic N) is 3. The second-order valence-electron chi connectivity index (χ2n) is 22.6. The molecule has 4 aromatic rings. The van der Waals surface area contributed by atoms with Crippen molar-refractivity contribution < 1.29 is 134 Å². The number of rotatable bonds is 5. The number of hydrogen-bond donors (Lipinski definition) is 5. The third-order valence-electron chi connectivity index (χ3n) is 16.5. The molecular weight excluding hydrogens is 2200 g/mol. The normalized spacial score (nSPS) is 20.0. The van der Waals surface area contributed by atoms with Crippen LogP contribution in [0.1, 0.15) is 171 Å². The maximum absolute atomic E-state index is 9.88. The molecule has 15 aliphatic rings. The van der Waals surface area contributed by atoms with E-state index in [4.69, 9.17) is 20.1 Å². The summed E-state index contributed by atoms with van der Waals surface area (Å²) in [5.41, 5.74) is 0.604. The molecule has 6 saturated heterocycles. The second kappa shape index (κ2) is 106. The van der Waals surface area contributed by atoms with Gasteiger partial charge in [0.25, 0.3) is 0 Å². The van der Waals surface area contributed by atoms with Crippen molar-refractivity contribution in [3.8, 4) is 0 Å². The van der Waals surface area contributed by atoms with Crippen LogP contribution in [0.5, 0.6) is 0 Å². The van der Waals surface area contributed by atoms with Gasteiger partial charge >= 0.3 is 0 Å². The maximum Gasteiger partial charge on any atom is 0.0627 e. The topological polar surface area (TPSA) is 137 Å². The molecule has 19 heteroatoms. The van der Waals surface area contributed by atoms with Crippen LogP contribution in [0, 0.1) is 0 Å². The Kier molecular flexibility index (Phi) is 127. The van der Waals surface area contributed by atoms with Crippen molar-refractivity contribution in [1.82, 2.24) is 14.7 Å². The summed E-state index contributed by atoms with van der Waals surface area (Å²) in [5, 5.41) is 43.6. The van der Waals surface area contributed by atoms with Gasteiger partial charge in [-0.2, -0.15) is 17.7 Å². The summed E-state index contributed by atoms with van der Waals surface area (Å²) in [6.45, 7) is 20.0. The van der Waals surface area contributed by atoms with Crippen LogP contribution in [0.15, 0.2) is 267 Å². The first-order valence-electron chi connectivity index (χ1n) is 38.5. The quantitative estimate of drug-likeness (QED) is 0.0432. The fourth-order valence-corrected chi connectivity index (χ4v) is 13.7. The number of hydrogen-bond acceptors (Lipinski definition) is 10. The van der Waals surface area contributed by atoms with Gasteiger partial charge in [-0.1, -0.05) is 380 Å². The third kappa shape index (κ3) is 67.6. The number of methoxy groups -OCH3 is 1. The predicted octanol–water partition coefficient (Wildman–Crippen LogP) is 22.0. The average Bonchev–Trinajstić information content (AvgIpc) is 0.867. The molecule has 9 aliphatic carbocycles. The molecule has 3 saturated carbocycles. The number of aliphatic hydroxyl groups excluding tert-OH is 5. The largest absolute Gasteiger partial charge is 0.400 e. The van der Waals surface area contributed by atoms with Gasteiger partial charge in [-0.15, -0.1) is 12.1 Å². The van der Waals surface area contributed by atoms with Crippen LogP contribution < -0.4 is 15.9 Å². The van der Waals surface area contributed by atoms with Crippen molar-refractivity contribution in [3.05, 3.63) is 273 Å². The van der Waals surface area contributed by atoms with Gasteiger partial charge in [0.1, 0.15) is 0 Å². The smallest absolute Gasteiger partial charge is 0.0627 e. The zero-order valence-corrected chi connectivity index (χ0v) is 86.7. The first-order chi connectivity index (χ1) is 52.7. The summed E-state index contributed by atoms with van der Waals surface area (Å²) in [7, 11) is 10.9. The number of allylic oxidation sites excluding steroid dienone is 24. The molecule has 19 rings (SSSR count). The Morgan fingerprint density at radius 3 is 0.616 bits per heavy atom. The molecule has 6 unspecified atom stereocenters. The minimum atomic E-state index is -0.446. The van der Waals surface area contributed by atoms with Crippen LogP contribution in [-0.2, 0) is 109 Å². The summed E-state index contributed by atoms with van der Waals surface area (Å²) in [6.07, 6.45) is 69.9. The van der Waals surface area contributed by atoms with Crippen molar-refractivity contribution in [2.45, 2.75) is 220 Å². The summed E-state index contributed by atoms with van der Waals surface area (Å²) < 4.78 is 5.31. The molecule has 3 radical (unpaired) electrons. The van der Waals surface area contributed by atoms with E-state index in [-0.39, 0.29) is 111 Å². The van der Waals surface area contributed by atoms with Crippen LogP contribution in [-0.4, -0.2) is 165 Å². The van der Waals surface area contributed by atoms with Gasteiger partial charge in [0, 0.05) is 164 Å². The molecular formula is C93H148I3N3O7PPd2Rh3-. The number of aliphatic hydroxyl groups is 5. The van der Waals surface area contributed by atoms with Gasteiger partial charge in [-0.3, -0.25) is 0 Å². The fourth-order valence-electron chi connectivity index (χ4n) is 11.4. The van der Waals surface area contributed by atoms with Gasteiger partial charge in [0.05, 0.1) is 24.6 Å². The van der Waals surface area contributed by atoms with E-state index in [1.807, 2.05) is 97.2 Å². The Bertz CT molecular complexity index is 2490. The molecule has 112 heavy (non-hydrogen) atoms. The molecule has 0 amide bonds. The third-order valence-corrected chi connectivity index (χ3v) is 19.0. The Morgan fingerprint density at radius 2 is 0.491 bits per heavy atom. The molecule has 651 valence electrons. The second-order valence-corrected chi connectivity index (χ2v) is 24.8. The van der Waals surface area contributed by atoms with Crippen LogP contribution in [0.25, 0.3) is 0 Å². The molecule has 10 nitrogen and oxygen atoms in total. The zero-order valence-electron chi connectivity index (χ0n) is 71.3. The Morgan fingerprint density at radius 1 is 0.321 bits per heavy atom. The van der Waals surface area contributed by atoms with Crippen LogP contribution in [0.2, 0.25) is 0 Å². The number of benzene rings is 4. The van der Waals surface area contributed by atoms with Gasteiger partial charge in [-0.05, 0) is 156 Å². The number of alkyl halides is 3. The Labute approximate surface area is 795 Å². The Balaban J connectivity index is -0.000000111. The minimum absolute atomic E-state index is 0. The van der Waals surface area contributed by atoms with E-state index in [2.05, 4.69) is 340 Å². The first-order valence-corrected chi connectivity index (χ1v) is 46.4. The minimum Gasteiger partial charge on any atom is -0.400 e. The molecule has 0 aromatic heterocycles. The van der Waals surface area contributed by atoms with Gasteiger partial charge in [0.15, 0.2) is 0 Å². The van der Waals surface area contributed by atoms with E-state index in [1.165, 1.54) is 48.0 Å². The summed E-state index contributed by atoms with van der Waals surface area (Å²) in [5.74, 6) is 0. The molecule has 6 bridgehead atoms. The monoisotopic (exact) mass is 2350 g/mol. The van der Waals surface area contributed by atoms with Crippen LogP contribution >= 0.6 is 75.7 Å². The van der Waals surface area contributed by atoms with E-state index >= 15 is 0 Å². The van der Waals surface area contributed by atoms with Crippen molar-refractivity contribution in [3.63, 3.8) is 0 Å². The summed E-state index contributed by atoms with van der Waals surface area (Å²) in [6, 6.07) is 45.7. The van der Waals surface area contributed by atoms with Gasteiger partial charge < -0.3 is 49.8 Å². The predicted molar refractivity (Wildman–Crippen MR) is 505 cm³/mol. The van der Waals surface area contributed by atoms with Crippen molar-refractivity contribution in [2.75, 3.05) is 64.4 Å². The average molecular weight is 2350 g/mol. The van der Waals surface area contributed by atoms with Gasteiger partial charge in [0.2, 0.25) is 0 Å². The molecule has 6 aliphatic heterocycles. The number of ether oxygens (including phenoxy) is 1. The van der Waals surface area contributed by atoms with E-state index < -0.39 is 7.92 Å². The summed E-state index contributed by atoms with van der Waals surface area (Å²) in [4.78, 5) is 23.0. The molecule has 9 fully saturated rings. The maximum atomic E-state index is 9.88. The summed E-state index contributed by atoms with van der Waals surface area (Å²) >= 11 is 6.45. The van der Waals surface area contributed by atoms with Crippen LogP contribution in [0.3, 0.4) is 0 Å². The number of halogens is 3. The Hall–Kier alpha value is -1.12. The number of piperidine rings is 3. The SMILES string of the molecule is C1=CCC=C1.C1=CCC=C1.C1=CCC=C1.C1=CCC=C1.C1=CCC=C1.C1=CCC=C1.CC.CC.CC.CC.CC.CI.CI.CI.CN1C2CC(O)CC1C2.CN1C2CC(O)CC1C2.CO.CO.CO.COC1CC2CC(C1)N2C.O=[C-]c1ccccc1.[Pd].[Pd].[Rh].[Rh].[Rh].c1ccc(P(c2ccccc2)c2ccccc2)cc1. The van der Waals surface area contributed by atoms with E-state index in [1.54, 1.807) is 30.6 Å². The standard InChI is InChI=1S/C18H15P.C8H15NO.2C7H13NO.C7H5O.6C5H6.5C2H6.3CH3I.3CH4O.2Pd.3Rh/c1-4-10-16(11-5-1)19(17-12-6-2-7-13-17)18-14-8-3-9-15-18;1-9-6-3-7(9)5-8(4-6)10-2;2*1-8-5-2-6(8)4-7(9)3-5;8-6-7-4-2-1-3-5-7;6*1-2-4-5-3-1;11*1-2;;;;;/h1-15H;6-8H,3-5H2,1-2H3;2*5-7,9H,2-4H2,1H3;1-5H;6*1-4H,5H2;5*1-2H3;3*1H3;3*2H,1H3;;;;;/q;;;;-1;;;;;;;;;;;;;;;;;;;;;;. The van der Waals surface area contributed by atoms with E-state index in [0.29, 0.717) is 35.8 Å². The van der Waals surface area contributed by atoms with Crippen molar-refractivity contribution in [1.29, 1.82) is 0 Å². The number of carbonyl (C=O) groups excluding carboxylic acids is 1. The fraction of sp³-hybridized carbons (Fsp3) is 0.473. The molecule has 4 aromatic carbocycles. The van der Waals surface area contributed by atoms with Crippen LogP contribution in [0.4, 0.5) is 0 Å². The first kappa shape index (κ1) is 134.